The van der Waals surface area contributed by atoms with E-state index in [2.05, 4.69) is 4.99 Å². The summed E-state index contributed by atoms with van der Waals surface area (Å²) in [5, 5.41) is 0.796. The first-order chi connectivity index (χ1) is 5.90. The number of aryl methyl sites for hydroxylation is 1. The number of thiophene rings is 1. The summed E-state index contributed by atoms with van der Waals surface area (Å²) in [4.78, 5) is 13.6. The highest BCUT2D eigenvalue weighted by Crippen LogP contribution is 2.40. The molecule has 0 unspecified atom stereocenters. The molecule has 12 heavy (non-hydrogen) atoms. The Hall–Kier alpha value is -0.570. The van der Waals surface area contributed by atoms with Gasteiger partial charge in [-0.1, -0.05) is 0 Å². The summed E-state index contributed by atoms with van der Waals surface area (Å²) in [7, 11) is 0. The number of thioether (sulfide) groups is 1. The highest BCUT2D eigenvalue weighted by Gasteiger charge is 2.13. The van der Waals surface area contributed by atoms with Crippen LogP contribution >= 0.6 is 23.1 Å². The van der Waals surface area contributed by atoms with Gasteiger partial charge in [-0.05, 0) is 30.2 Å². The molecule has 2 nitrogen and oxygen atoms in total. The van der Waals surface area contributed by atoms with Crippen molar-refractivity contribution in [1.29, 1.82) is 0 Å². The van der Waals surface area contributed by atoms with Crippen molar-refractivity contribution in [2.45, 2.75) is 17.1 Å². The van der Waals surface area contributed by atoms with Crippen molar-refractivity contribution in [2.75, 3.05) is 5.75 Å². The van der Waals surface area contributed by atoms with Crippen LogP contribution in [0.15, 0.2) is 15.3 Å². The van der Waals surface area contributed by atoms with Crippen molar-refractivity contribution in [3.05, 3.63) is 11.6 Å². The summed E-state index contributed by atoms with van der Waals surface area (Å²) < 4.78 is 1.33. The average molecular weight is 197 g/mol. The van der Waals surface area contributed by atoms with E-state index >= 15 is 0 Å². The Kier molecular flexibility index (Phi) is 2.30. The van der Waals surface area contributed by atoms with Crippen LogP contribution in [0.3, 0.4) is 0 Å². The van der Waals surface area contributed by atoms with Gasteiger partial charge in [0, 0.05) is 0 Å². The Balaban J connectivity index is 2.37. The maximum atomic E-state index is 10.00. The first-order valence-corrected chi connectivity index (χ1v) is 5.54. The zero-order valence-corrected chi connectivity index (χ0v) is 8.00. The molecule has 1 aromatic heterocycles. The van der Waals surface area contributed by atoms with Gasteiger partial charge in [0.15, 0.2) is 0 Å². The minimum Gasteiger partial charge on any atom is -0.211 e. The SMILES string of the molecule is O=C=Nc1cc2c(s1)SCCC2. The van der Waals surface area contributed by atoms with E-state index in [4.69, 9.17) is 0 Å². The molecule has 2 rings (SSSR count). The zero-order valence-electron chi connectivity index (χ0n) is 6.37. The Morgan fingerprint density at radius 2 is 2.50 bits per heavy atom. The topological polar surface area (TPSA) is 29.4 Å². The summed E-state index contributed by atoms with van der Waals surface area (Å²) in [5.74, 6) is 1.19. The summed E-state index contributed by atoms with van der Waals surface area (Å²) in [5.41, 5.74) is 1.35. The van der Waals surface area contributed by atoms with Crippen LogP contribution in [0.25, 0.3) is 0 Å². The Labute approximate surface area is 78.7 Å². The number of aliphatic imine (C=N–C) groups is 1. The quantitative estimate of drug-likeness (QED) is 0.511. The highest BCUT2D eigenvalue weighted by molar-refractivity contribution is 8.01. The van der Waals surface area contributed by atoms with Gasteiger partial charge in [0.25, 0.3) is 0 Å². The maximum Gasteiger partial charge on any atom is 0.241 e. The number of hydrogen-bond acceptors (Lipinski definition) is 4. The number of nitrogens with zero attached hydrogens (tertiary/aromatic N) is 1. The van der Waals surface area contributed by atoms with Crippen molar-refractivity contribution in [1.82, 2.24) is 0 Å². The molecule has 0 radical (unpaired) electrons. The molecule has 1 aromatic rings. The van der Waals surface area contributed by atoms with Crippen molar-refractivity contribution in [3.63, 3.8) is 0 Å². The minimum absolute atomic E-state index is 0.796. The zero-order chi connectivity index (χ0) is 8.39. The van der Waals surface area contributed by atoms with Gasteiger partial charge in [-0.15, -0.1) is 23.1 Å². The molecule has 0 saturated heterocycles. The molecule has 0 aliphatic carbocycles. The van der Waals surface area contributed by atoms with Crippen LogP contribution in [0, 0.1) is 0 Å². The molecule has 0 fully saturated rings. The summed E-state index contributed by atoms with van der Waals surface area (Å²) >= 11 is 3.46. The molecule has 0 atom stereocenters. The third-order valence-corrected chi connectivity index (χ3v) is 4.22. The van der Waals surface area contributed by atoms with E-state index in [9.17, 15) is 4.79 Å². The largest absolute Gasteiger partial charge is 0.241 e. The molecule has 4 heteroatoms. The lowest BCUT2D eigenvalue weighted by Gasteiger charge is -2.07. The van der Waals surface area contributed by atoms with Gasteiger partial charge >= 0.3 is 0 Å². The third kappa shape index (κ3) is 1.46. The lowest BCUT2D eigenvalue weighted by atomic mass is 10.2. The third-order valence-electron chi connectivity index (χ3n) is 1.74. The number of carbonyl (C=O) groups excluding carboxylic acids is 1. The normalized spacial score (nSPS) is 15.0. The van der Waals surface area contributed by atoms with Crippen LogP contribution in [0.2, 0.25) is 0 Å². The lowest BCUT2D eigenvalue weighted by Crippen LogP contribution is -1.92. The van der Waals surface area contributed by atoms with E-state index in [1.54, 1.807) is 17.4 Å². The second-order valence-electron chi connectivity index (χ2n) is 2.55. The van der Waals surface area contributed by atoms with Gasteiger partial charge < -0.3 is 0 Å². The molecular formula is C8H7NOS2. The number of rotatable bonds is 1. The highest BCUT2D eigenvalue weighted by atomic mass is 32.2. The fourth-order valence-electron chi connectivity index (χ4n) is 1.22. The Morgan fingerprint density at radius 3 is 3.25 bits per heavy atom. The monoisotopic (exact) mass is 197 g/mol. The van der Waals surface area contributed by atoms with Gasteiger partial charge in [0.1, 0.15) is 5.00 Å². The fourth-order valence-corrected chi connectivity index (χ4v) is 3.55. The molecule has 62 valence electrons. The van der Waals surface area contributed by atoms with E-state index in [1.807, 2.05) is 17.8 Å². The predicted octanol–water partition coefficient (Wildman–Crippen LogP) is 2.75. The van der Waals surface area contributed by atoms with Gasteiger partial charge in [-0.2, -0.15) is 4.99 Å². The molecule has 2 heterocycles. The van der Waals surface area contributed by atoms with Crippen molar-refractivity contribution in [3.8, 4) is 0 Å². The predicted molar refractivity (Wildman–Crippen MR) is 51.1 cm³/mol. The van der Waals surface area contributed by atoms with Gasteiger partial charge in [-0.3, -0.25) is 0 Å². The molecule has 0 aromatic carbocycles. The number of isocyanates is 1. The Morgan fingerprint density at radius 1 is 1.58 bits per heavy atom. The molecule has 0 amide bonds. The van der Waals surface area contributed by atoms with Crippen molar-refractivity contribution in [2.24, 2.45) is 4.99 Å². The summed E-state index contributed by atoms with van der Waals surface area (Å²) in [6.45, 7) is 0. The molecule has 0 bridgehead atoms. The molecule has 0 saturated carbocycles. The first-order valence-electron chi connectivity index (χ1n) is 3.73. The van der Waals surface area contributed by atoms with E-state index in [1.165, 1.54) is 21.9 Å². The van der Waals surface area contributed by atoms with E-state index in [-0.39, 0.29) is 0 Å². The van der Waals surface area contributed by atoms with Crippen molar-refractivity contribution < 1.29 is 4.79 Å². The van der Waals surface area contributed by atoms with E-state index < -0.39 is 0 Å². The standard InChI is InChI=1S/C8H7NOS2/c10-5-9-7-4-6-2-1-3-11-8(6)12-7/h4H,1-3H2. The van der Waals surface area contributed by atoms with Crippen LogP contribution in [-0.2, 0) is 11.2 Å². The second-order valence-corrected chi connectivity index (χ2v) is 4.95. The molecule has 1 aliphatic heterocycles. The van der Waals surface area contributed by atoms with E-state index in [0.717, 1.165) is 11.4 Å². The Bertz CT molecular complexity index is 315. The summed E-state index contributed by atoms with van der Waals surface area (Å²) in [6, 6.07) is 2.00. The smallest absolute Gasteiger partial charge is 0.211 e. The molecule has 1 aliphatic rings. The molecule has 0 spiro atoms. The van der Waals surface area contributed by atoms with Crippen LogP contribution in [0.5, 0.6) is 0 Å². The number of fused-ring (bicyclic) bond motifs is 1. The fraction of sp³-hybridized carbons (Fsp3) is 0.375. The van der Waals surface area contributed by atoms with Crippen LogP contribution < -0.4 is 0 Å². The second kappa shape index (κ2) is 3.44. The molecular weight excluding hydrogens is 190 g/mol. The van der Waals surface area contributed by atoms with Gasteiger partial charge in [0.05, 0.1) is 4.21 Å². The minimum atomic E-state index is 0.796. The molecule has 0 N–H and O–H groups in total. The van der Waals surface area contributed by atoms with Crippen molar-refractivity contribution >= 4 is 34.2 Å². The van der Waals surface area contributed by atoms with Crippen LogP contribution in [-0.4, -0.2) is 11.8 Å². The van der Waals surface area contributed by atoms with Gasteiger partial charge in [0.2, 0.25) is 6.08 Å². The lowest BCUT2D eigenvalue weighted by molar-refractivity contribution is 0.565. The van der Waals surface area contributed by atoms with Crippen LogP contribution in [0.1, 0.15) is 12.0 Å². The number of hydrogen-bond donors (Lipinski definition) is 0. The maximum absolute atomic E-state index is 10.00. The first kappa shape index (κ1) is 8.05. The average Bonchev–Trinajstić information content (AvgIpc) is 2.47. The van der Waals surface area contributed by atoms with E-state index in [0.29, 0.717) is 0 Å². The van der Waals surface area contributed by atoms with Gasteiger partial charge in [-0.25, -0.2) is 4.79 Å². The van der Waals surface area contributed by atoms with Crippen LogP contribution in [0.4, 0.5) is 5.00 Å². The summed E-state index contributed by atoms with van der Waals surface area (Å²) in [6.07, 6.45) is 3.94.